The molecule has 2 amide bonds. The Bertz CT molecular complexity index is 2510. The van der Waals surface area contributed by atoms with Gasteiger partial charge in [-0.15, -0.1) is 0 Å². The summed E-state index contributed by atoms with van der Waals surface area (Å²) in [6.45, 7) is 2.08. The van der Waals surface area contributed by atoms with Crippen LogP contribution in [0.4, 0.5) is 11.4 Å². The van der Waals surface area contributed by atoms with E-state index in [2.05, 4.69) is 10.6 Å². The Morgan fingerprint density at radius 2 is 1.33 bits per heavy atom. The number of fused-ring (bicyclic) bond motifs is 2. The van der Waals surface area contributed by atoms with Crippen molar-refractivity contribution in [1.29, 1.82) is 0 Å². The number of carbonyl (C=O) groups is 3. The lowest BCUT2D eigenvalue weighted by atomic mass is 9.70. The van der Waals surface area contributed by atoms with Gasteiger partial charge in [0.1, 0.15) is 10.3 Å². The highest BCUT2D eigenvalue weighted by atomic mass is 32.2. The van der Waals surface area contributed by atoms with Crippen LogP contribution in [0.5, 0.6) is 0 Å². The molecule has 0 radical (unpaired) electrons. The van der Waals surface area contributed by atoms with Gasteiger partial charge in [0.25, 0.3) is 30.4 Å². The van der Waals surface area contributed by atoms with Gasteiger partial charge in [-0.1, -0.05) is 72.4 Å². The zero-order chi connectivity index (χ0) is 46.1. The lowest BCUT2D eigenvalue weighted by molar-refractivity contribution is -0.144. The molecule has 2 heterocycles. The zero-order valence-electron chi connectivity index (χ0n) is 34.5. The molecule has 344 valence electrons. The fraction of sp³-hybridized carbons (Fsp3) is 0.439. The van der Waals surface area contributed by atoms with Crippen LogP contribution < -0.4 is 20.4 Å². The van der Waals surface area contributed by atoms with Crippen molar-refractivity contribution >= 4 is 83.0 Å². The number of carboxylic acid groups (broad SMARTS) is 1. The average Bonchev–Trinajstić information content (AvgIpc) is 3.69. The SMILES string of the molecule is CC1(/C=C/C2=CC(=C/C=C3\Sc4ccccc4N3CCCS(=O)(=O)O)/CC(C(=O)NCCCCCC(=O)O)(C(=O)NCCS(=O)(=O)O)C2)Sc2ccccc2N1CCCS(=O)(=O)O. The molecule has 2 atom stereocenters. The van der Waals surface area contributed by atoms with E-state index in [9.17, 15) is 53.3 Å². The number of aliphatic carboxylic acids is 1. The van der Waals surface area contributed by atoms with Gasteiger partial charge in [-0.2, -0.15) is 25.3 Å². The Labute approximate surface area is 376 Å². The standard InChI is InChI=1S/C41H52N4O13S5/c1-40(45(23-10-25-62(53,54)55)33-12-5-7-14-35(33)60-40)19-18-31-27-30(16-17-36-44(22-9-24-61(50,51)52)32-11-4-6-13-34(32)59-36)28-41(29-31,39(49)43-21-26-63(56,57)58)38(48)42-20-8-2-3-15-37(46)47/h4-7,11-14,16-19,27H,2-3,8-10,15,20-26,28-29H2,1H3,(H,42,48)(H,43,49)(H,46,47)(H,50,51,52)(H,53,54,55)(H,56,57,58)/b19-18+,30-16-,36-17-. The van der Waals surface area contributed by atoms with Crippen molar-refractivity contribution in [1.82, 2.24) is 10.6 Å². The predicted molar refractivity (Wildman–Crippen MR) is 243 cm³/mol. The molecular formula is C41H52N4O13S5. The molecule has 0 bridgehead atoms. The number of allylic oxidation sites excluding steroid dienone is 6. The van der Waals surface area contributed by atoms with E-state index in [0.717, 1.165) is 21.2 Å². The lowest BCUT2D eigenvalue weighted by Gasteiger charge is -2.36. The summed E-state index contributed by atoms with van der Waals surface area (Å²) in [6.07, 6.45) is 10.3. The molecule has 0 spiro atoms. The third-order valence-corrected chi connectivity index (χ3v) is 15.3. The maximum Gasteiger partial charge on any atom is 0.303 e. The number of nitrogens with one attached hydrogen (secondary N) is 2. The van der Waals surface area contributed by atoms with Gasteiger partial charge in [0.15, 0.2) is 0 Å². The average molecular weight is 969 g/mol. The fourth-order valence-corrected chi connectivity index (χ4v) is 11.3. The molecule has 1 aliphatic carbocycles. The number of thioether (sulfide) groups is 2. The van der Waals surface area contributed by atoms with E-state index in [4.69, 9.17) is 5.11 Å². The van der Waals surface area contributed by atoms with E-state index in [0.29, 0.717) is 35.4 Å². The second-order valence-corrected chi connectivity index (χ2v) is 22.8. The first-order valence-corrected chi connectivity index (χ1v) is 26.6. The van der Waals surface area contributed by atoms with Crippen LogP contribution >= 0.6 is 23.5 Å². The highest BCUT2D eigenvalue weighted by molar-refractivity contribution is 8.03. The number of carboxylic acids is 1. The maximum atomic E-state index is 14.4. The van der Waals surface area contributed by atoms with Crippen LogP contribution in [0.1, 0.15) is 58.3 Å². The monoisotopic (exact) mass is 968 g/mol. The fourth-order valence-electron chi connectivity index (χ4n) is 7.56. The summed E-state index contributed by atoms with van der Waals surface area (Å²) in [6, 6.07) is 15.1. The molecule has 63 heavy (non-hydrogen) atoms. The predicted octanol–water partition coefficient (Wildman–Crippen LogP) is 5.28. The number of hydrogen-bond acceptors (Lipinski definition) is 13. The third-order valence-electron chi connectivity index (χ3n) is 10.5. The topological polar surface area (TPSA) is 265 Å². The van der Waals surface area contributed by atoms with E-state index in [-0.39, 0.29) is 51.7 Å². The van der Waals surface area contributed by atoms with Crippen molar-refractivity contribution in [3.05, 3.63) is 95.1 Å². The smallest absolute Gasteiger partial charge is 0.303 e. The lowest BCUT2D eigenvalue weighted by Crippen LogP contribution is -2.53. The summed E-state index contributed by atoms with van der Waals surface area (Å²) in [5, 5.41) is 15.1. The number of anilines is 2. The molecule has 2 unspecified atom stereocenters. The molecule has 2 aromatic carbocycles. The summed E-state index contributed by atoms with van der Waals surface area (Å²) in [7, 11) is -12.9. The number of hydrogen-bond donors (Lipinski definition) is 6. The number of benzene rings is 2. The number of rotatable bonds is 22. The van der Waals surface area contributed by atoms with Crippen molar-refractivity contribution in [2.45, 2.75) is 73.0 Å². The maximum absolute atomic E-state index is 14.4. The van der Waals surface area contributed by atoms with E-state index in [1.165, 1.54) is 23.5 Å². The molecule has 3 aliphatic rings. The molecule has 0 fully saturated rings. The highest BCUT2D eigenvalue weighted by Crippen LogP contribution is 2.51. The molecule has 0 aromatic heterocycles. The Morgan fingerprint density at radius 1 is 0.730 bits per heavy atom. The third kappa shape index (κ3) is 14.4. The molecule has 2 aromatic rings. The van der Waals surface area contributed by atoms with Gasteiger partial charge in [-0.25, -0.2) is 0 Å². The molecule has 0 saturated heterocycles. The highest BCUT2D eigenvalue weighted by Gasteiger charge is 2.48. The van der Waals surface area contributed by atoms with Gasteiger partial charge < -0.3 is 25.5 Å². The van der Waals surface area contributed by atoms with E-state index in [1.807, 2.05) is 77.4 Å². The van der Waals surface area contributed by atoms with Crippen LogP contribution in [0, 0.1) is 5.41 Å². The van der Waals surface area contributed by atoms with E-state index < -0.39 is 82.2 Å². The number of nitrogens with zero attached hydrogens (tertiary/aromatic N) is 2. The van der Waals surface area contributed by atoms with Crippen LogP contribution in [-0.4, -0.2) is 110 Å². The molecule has 17 nitrogen and oxygen atoms in total. The van der Waals surface area contributed by atoms with Crippen molar-refractivity contribution in [3.8, 4) is 0 Å². The van der Waals surface area contributed by atoms with Gasteiger partial charge in [-0.3, -0.25) is 28.0 Å². The minimum Gasteiger partial charge on any atom is -0.481 e. The number of para-hydroxylation sites is 2. The minimum atomic E-state index is -4.48. The molecule has 5 rings (SSSR count). The van der Waals surface area contributed by atoms with E-state index in [1.54, 1.807) is 18.2 Å². The first-order valence-electron chi connectivity index (χ1n) is 20.1. The summed E-state index contributed by atoms with van der Waals surface area (Å²) in [5.74, 6) is -4.09. The van der Waals surface area contributed by atoms with Crippen molar-refractivity contribution in [2.75, 3.05) is 53.2 Å². The normalized spacial score (nSPS) is 21.4. The summed E-state index contributed by atoms with van der Waals surface area (Å²) >= 11 is 2.93. The Morgan fingerprint density at radius 3 is 1.98 bits per heavy atom. The van der Waals surface area contributed by atoms with Crippen molar-refractivity contribution in [2.24, 2.45) is 5.41 Å². The van der Waals surface area contributed by atoms with Crippen LogP contribution in [-0.2, 0) is 44.7 Å². The molecule has 6 N–H and O–H groups in total. The molecule has 22 heteroatoms. The molecule has 0 saturated carbocycles. The summed E-state index contributed by atoms with van der Waals surface area (Å²) in [5.41, 5.74) is 0.894. The van der Waals surface area contributed by atoms with Crippen LogP contribution in [0.2, 0.25) is 0 Å². The van der Waals surface area contributed by atoms with Crippen LogP contribution in [0.15, 0.2) is 105 Å². The zero-order valence-corrected chi connectivity index (χ0v) is 38.6. The Hall–Kier alpha value is -4.16. The summed E-state index contributed by atoms with van der Waals surface area (Å²) in [4.78, 5) is 44.8. The Balaban J connectivity index is 1.55. The van der Waals surface area contributed by atoms with E-state index >= 15 is 0 Å². The van der Waals surface area contributed by atoms with Gasteiger partial charge in [0.2, 0.25) is 11.8 Å². The van der Waals surface area contributed by atoms with Gasteiger partial charge in [0, 0.05) is 42.4 Å². The van der Waals surface area contributed by atoms with Gasteiger partial charge in [-0.05, 0) is 93.0 Å². The number of carbonyl (C=O) groups excluding carboxylic acids is 2. The second-order valence-electron chi connectivity index (χ2n) is 15.5. The second kappa shape index (κ2) is 21.2. The van der Waals surface area contributed by atoms with Crippen LogP contribution in [0.3, 0.4) is 0 Å². The molecule has 2 aliphatic heterocycles. The minimum absolute atomic E-state index is 0.0419. The number of amides is 2. The first kappa shape index (κ1) is 49.8. The summed E-state index contributed by atoms with van der Waals surface area (Å²) < 4.78 is 97.9. The number of unbranched alkanes of at least 4 members (excludes halogenated alkanes) is 2. The first-order chi connectivity index (χ1) is 29.6. The Kier molecular flexibility index (Phi) is 16.8. The van der Waals surface area contributed by atoms with Crippen molar-refractivity contribution < 1.29 is 58.4 Å². The van der Waals surface area contributed by atoms with Gasteiger partial charge in [0.05, 0.1) is 33.7 Å². The van der Waals surface area contributed by atoms with Crippen LogP contribution in [0.25, 0.3) is 0 Å². The largest absolute Gasteiger partial charge is 0.481 e. The molecular weight excluding hydrogens is 917 g/mol. The quantitative estimate of drug-likeness (QED) is 0.0498. The van der Waals surface area contributed by atoms with Gasteiger partial charge >= 0.3 is 5.97 Å². The van der Waals surface area contributed by atoms with Crippen molar-refractivity contribution in [3.63, 3.8) is 0 Å².